The predicted octanol–water partition coefficient (Wildman–Crippen LogP) is 4.19. The Bertz CT molecular complexity index is 1160. The summed E-state index contributed by atoms with van der Waals surface area (Å²) in [6.45, 7) is 2.00. The zero-order valence-corrected chi connectivity index (χ0v) is 15.4. The maximum absolute atomic E-state index is 11.0. The molecule has 4 aromatic rings. The third-order valence-electron chi connectivity index (χ3n) is 4.11. The molecule has 29 heavy (non-hydrogen) atoms. The average Bonchev–Trinajstić information content (AvgIpc) is 3.37. The van der Waals surface area contributed by atoms with Crippen LogP contribution in [0.1, 0.15) is 11.1 Å². The Morgan fingerprint density at radius 1 is 1.21 bits per heavy atom. The number of hydrazone groups is 1. The van der Waals surface area contributed by atoms with Crippen molar-refractivity contribution in [3.63, 3.8) is 0 Å². The Balaban J connectivity index is 1.70. The first-order chi connectivity index (χ1) is 14.1. The van der Waals surface area contributed by atoms with Gasteiger partial charge in [-0.25, -0.2) is 4.68 Å². The first-order valence-electron chi connectivity index (χ1n) is 8.70. The quantitative estimate of drug-likeness (QED) is 0.301. The van der Waals surface area contributed by atoms with E-state index in [4.69, 9.17) is 4.42 Å². The molecular formula is C20H16N6O3. The van der Waals surface area contributed by atoms with Gasteiger partial charge in [0.15, 0.2) is 5.76 Å². The molecule has 1 aromatic carbocycles. The zero-order valence-electron chi connectivity index (χ0n) is 15.4. The van der Waals surface area contributed by atoms with Crippen molar-refractivity contribution in [1.82, 2.24) is 14.8 Å². The topological polar surface area (TPSA) is 111 Å². The number of furan rings is 1. The molecule has 0 aliphatic carbocycles. The molecule has 3 heterocycles. The van der Waals surface area contributed by atoms with Gasteiger partial charge in [0, 0.05) is 18.0 Å². The van der Waals surface area contributed by atoms with Crippen molar-refractivity contribution in [3.05, 3.63) is 88.4 Å². The third-order valence-corrected chi connectivity index (χ3v) is 4.11. The van der Waals surface area contributed by atoms with E-state index in [-0.39, 0.29) is 11.6 Å². The molecule has 4 rings (SSSR count). The van der Waals surface area contributed by atoms with Gasteiger partial charge < -0.3 is 4.42 Å². The summed E-state index contributed by atoms with van der Waals surface area (Å²) in [5, 5.41) is 19.7. The molecular weight excluding hydrogens is 372 g/mol. The molecule has 0 unspecified atom stereocenters. The summed E-state index contributed by atoms with van der Waals surface area (Å²) < 4.78 is 7.01. The van der Waals surface area contributed by atoms with Crippen molar-refractivity contribution in [2.45, 2.75) is 6.92 Å². The van der Waals surface area contributed by atoms with E-state index in [2.05, 4.69) is 20.6 Å². The van der Waals surface area contributed by atoms with Gasteiger partial charge in [0.05, 0.1) is 29.9 Å². The van der Waals surface area contributed by atoms with E-state index in [1.54, 1.807) is 35.6 Å². The monoisotopic (exact) mass is 388 g/mol. The number of nitrogens with one attached hydrogen (secondary N) is 1. The van der Waals surface area contributed by atoms with Crippen molar-refractivity contribution in [1.29, 1.82) is 0 Å². The summed E-state index contributed by atoms with van der Waals surface area (Å²) in [5.74, 6) is -0.0633. The van der Waals surface area contributed by atoms with Crippen molar-refractivity contribution < 1.29 is 9.34 Å². The highest BCUT2D eigenvalue weighted by Gasteiger charge is 2.18. The highest BCUT2D eigenvalue weighted by molar-refractivity contribution is 5.88. The van der Waals surface area contributed by atoms with Crippen LogP contribution in [0.15, 0.2) is 76.6 Å². The van der Waals surface area contributed by atoms with Crippen LogP contribution in [-0.4, -0.2) is 25.9 Å². The number of anilines is 1. The molecule has 0 saturated heterocycles. The van der Waals surface area contributed by atoms with E-state index >= 15 is 0 Å². The van der Waals surface area contributed by atoms with Crippen LogP contribution in [0.3, 0.4) is 0 Å². The van der Waals surface area contributed by atoms with E-state index in [1.165, 1.54) is 12.1 Å². The molecule has 0 spiro atoms. The second kappa shape index (κ2) is 7.77. The lowest BCUT2D eigenvalue weighted by Crippen LogP contribution is -1.94. The maximum Gasteiger partial charge on any atom is 0.433 e. The van der Waals surface area contributed by atoms with E-state index < -0.39 is 4.92 Å². The van der Waals surface area contributed by atoms with Gasteiger partial charge >= 0.3 is 5.88 Å². The van der Waals surface area contributed by atoms with Crippen molar-refractivity contribution in [2.24, 2.45) is 5.10 Å². The standard InChI is InChI=1S/C20H16N6O3/c1-14-4-6-17(7-5-14)25-13-15(11-22-23-16-3-2-10-21-12-16)20(24-25)18-8-9-19(29-18)26(27)28/h2-13,23H,1H3. The van der Waals surface area contributed by atoms with Crippen LogP contribution in [0, 0.1) is 17.0 Å². The Hall–Kier alpha value is -4.27. The summed E-state index contributed by atoms with van der Waals surface area (Å²) >= 11 is 0. The molecule has 0 amide bonds. The highest BCUT2D eigenvalue weighted by Crippen LogP contribution is 2.28. The average molecular weight is 388 g/mol. The van der Waals surface area contributed by atoms with Gasteiger partial charge in [-0.15, -0.1) is 0 Å². The van der Waals surface area contributed by atoms with E-state index in [0.29, 0.717) is 11.3 Å². The number of nitrogens with zero attached hydrogens (tertiary/aromatic N) is 5. The van der Waals surface area contributed by atoms with E-state index in [1.807, 2.05) is 37.3 Å². The zero-order chi connectivity index (χ0) is 20.2. The van der Waals surface area contributed by atoms with Gasteiger partial charge in [-0.1, -0.05) is 17.7 Å². The first kappa shape index (κ1) is 18.1. The fourth-order valence-corrected chi connectivity index (χ4v) is 2.66. The van der Waals surface area contributed by atoms with Gasteiger partial charge in [0.2, 0.25) is 0 Å². The van der Waals surface area contributed by atoms with Crippen LogP contribution in [0.5, 0.6) is 0 Å². The van der Waals surface area contributed by atoms with Gasteiger partial charge in [0.25, 0.3) is 0 Å². The molecule has 1 N–H and O–H groups in total. The van der Waals surface area contributed by atoms with Crippen LogP contribution in [-0.2, 0) is 0 Å². The third kappa shape index (κ3) is 4.03. The molecule has 0 bridgehead atoms. The molecule has 9 nitrogen and oxygen atoms in total. The lowest BCUT2D eigenvalue weighted by molar-refractivity contribution is -0.401. The number of hydrogen-bond donors (Lipinski definition) is 1. The van der Waals surface area contributed by atoms with Gasteiger partial charge in [-0.3, -0.25) is 20.5 Å². The lowest BCUT2D eigenvalue weighted by Gasteiger charge is -2.00. The van der Waals surface area contributed by atoms with Crippen LogP contribution in [0.25, 0.3) is 17.1 Å². The fraction of sp³-hybridized carbons (Fsp3) is 0.0500. The van der Waals surface area contributed by atoms with Gasteiger partial charge in [-0.2, -0.15) is 10.2 Å². The summed E-state index contributed by atoms with van der Waals surface area (Å²) in [7, 11) is 0. The molecule has 9 heteroatoms. The molecule has 0 saturated carbocycles. The van der Waals surface area contributed by atoms with Gasteiger partial charge in [-0.05, 0) is 37.3 Å². The normalized spacial score (nSPS) is 11.1. The largest absolute Gasteiger partial charge is 0.433 e. The summed E-state index contributed by atoms with van der Waals surface area (Å²) in [6.07, 6.45) is 6.67. The van der Waals surface area contributed by atoms with Crippen molar-refractivity contribution >= 4 is 17.8 Å². The molecule has 144 valence electrons. The molecule has 3 aromatic heterocycles. The first-order valence-corrected chi connectivity index (χ1v) is 8.70. The molecule has 0 fully saturated rings. The molecule has 0 atom stereocenters. The van der Waals surface area contributed by atoms with Crippen LogP contribution >= 0.6 is 0 Å². The van der Waals surface area contributed by atoms with Crippen molar-refractivity contribution in [2.75, 3.05) is 5.43 Å². The van der Waals surface area contributed by atoms with Gasteiger partial charge in [0.1, 0.15) is 10.6 Å². The minimum Gasteiger partial charge on any atom is -0.399 e. The number of nitro groups is 1. The fourth-order valence-electron chi connectivity index (χ4n) is 2.66. The number of benzene rings is 1. The summed E-state index contributed by atoms with van der Waals surface area (Å²) in [4.78, 5) is 14.4. The summed E-state index contributed by atoms with van der Waals surface area (Å²) in [5.41, 5.74) is 6.66. The Labute approximate surface area is 165 Å². The Morgan fingerprint density at radius 2 is 2.03 bits per heavy atom. The second-order valence-electron chi connectivity index (χ2n) is 6.22. The lowest BCUT2D eigenvalue weighted by atomic mass is 10.2. The van der Waals surface area contributed by atoms with Crippen molar-refractivity contribution in [3.8, 4) is 17.1 Å². The molecule has 0 aliphatic rings. The number of aromatic nitrogens is 3. The number of hydrogen-bond acceptors (Lipinski definition) is 7. The SMILES string of the molecule is Cc1ccc(-n2cc(C=NNc3cccnc3)c(-c3ccc([N+](=O)[O-])o3)n2)cc1. The molecule has 0 radical (unpaired) electrons. The minimum atomic E-state index is -0.585. The van der Waals surface area contributed by atoms with E-state index in [9.17, 15) is 10.1 Å². The molecule has 0 aliphatic heterocycles. The van der Waals surface area contributed by atoms with Crippen LogP contribution in [0.2, 0.25) is 0 Å². The van der Waals surface area contributed by atoms with Crippen LogP contribution < -0.4 is 5.43 Å². The smallest absolute Gasteiger partial charge is 0.399 e. The van der Waals surface area contributed by atoms with E-state index in [0.717, 1.165) is 16.9 Å². The minimum absolute atomic E-state index is 0.283. The Morgan fingerprint density at radius 3 is 2.72 bits per heavy atom. The number of rotatable bonds is 6. The highest BCUT2D eigenvalue weighted by atomic mass is 16.6. The maximum atomic E-state index is 11.0. The second-order valence-corrected chi connectivity index (χ2v) is 6.22. The summed E-state index contributed by atoms with van der Waals surface area (Å²) in [6, 6.07) is 14.3. The number of pyridine rings is 1. The van der Waals surface area contributed by atoms with Crippen LogP contribution in [0.4, 0.5) is 11.6 Å². The predicted molar refractivity (Wildman–Crippen MR) is 108 cm³/mol. The number of aryl methyl sites for hydroxylation is 1. The Kier molecular flexibility index (Phi) is 4.85.